The van der Waals surface area contributed by atoms with Crippen LogP contribution in [0.1, 0.15) is 41.8 Å². The van der Waals surface area contributed by atoms with Crippen molar-refractivity contribution in [2.45, 2.75) is 38.6 Å². The molecule has 0 radical (unpaired) electrons. The Balaban J connectivity index is 1.92. The molecule has 1 heterocycles. The zero-order chi connectivity index (χ0) is 13.2. The van der Waals surface area contributed by atoms with Gasteiger partial charge in [0.05, 0.1) is 5.69 Å². The van der Waals surface area contributed by atoms with E-state index in [1.165, 1.54) is 39.5 Å². The summed E-state index contributed by atoms with van der Waals surface area (Å²) in [4.78, 5) is 6.31. The first-order valence-corrected chi connectivity index (χ1v) is 7.87. The standard InChI is InChI=1S/C16H20N2S/c1-3-11-4-6-13(7-5-11)16-18-15(12-8-9-12)14(19-16)10-17-2/h4-7,12,17H,3,8-10H2,1-2H3. The molecule has 100 valence electrons. The predicted octanol–water partition coefficient (Wildman–Crippen LogP) is 3.97. The van der Waals surface area contributed by atoms with Gasteiger partial charge in [0.2, 0.25) is 0 Å². The van der Waals surface area contributed by atoms with Gasteiger partial charge in [0, 0.05) is 22.9 Å². The molecule has 1 aliphatic rings. The van der Waals surface area contributed by atoms with E-state index >= 15 is 0 Å². The molecule has 0 bridgehead atoms. The van der Waals surface area contributed by atoms with Crippen LogP contribution >= 0.6 is 11.3 Å². The minimum absolute atomic E-state index is 0.725. The topological polar surface area (TPSA) is 24.9 Å². The monoisotopic (exact) mass is 272 g/mol. The largest absolute Gasteiger partial charge is 0.315 e. The van der Waals surface area contributed by atoms with Gasteiger partial charge in [0.15, 0.2) is 0 Å². The number of thiazole rings is 1. The van der Waals surface area contributed by atoms with Gasteiger partial charge in [0.25, 0.3) is 0 Å². The van der Waals surface area contributed by atoms with Crippen LogP contribution in [0, 0.1) is 0 Å². The molecule has 0 spiro atoms. The fourth-order valence-electron chi connectivity index (χ4n) is 2.33. The maximum absolute atomic E-state index is 4.90. The van der Waals surface area contributed by atoms with Gasteiger partial charge < -0.3 is 5.32 Å². The maximum atomic E-state index is 4.90. The van der Waals surface area contributed by atoms with Gasteiger partial charge in [-0.3, -0.25) is 0 Å². The molecule has 3 rings (SSSR count). The van der Waals surface area contributed by atoms with Crippen LogP contribution in [-0.4, -0.2) is 12.0 Å². The minimum Gasteiger partial charge on any atom is -0.315 e. The Kier molecular flexibility index (Phi) is 3.67. The number of hydrogen-bond acceptors (Lipinski definition) is 3. The third-order valence-corrected chi connectivity index (χ3v) is 4.76. The van der Waals surface area contributed by atoms with Gasteiger partial charge in [-0.2, -0.15) is 0 Å². The van der Waals surface area contributed by atoms with Crippen molar-refractivity contribution in [1.82, 2.24) is 10.3 Å². The van der Waals surface area contributed by atoms with Crippen molar-refractivity contribution >= 4 is 11.3 Å². The Bertz CT molecular complexity index is 553. The second kappa shape index (κ2) is 5.43. The molecule has 0 amide bonds. The molecule has 0 aliphatic heterocycles. The maximum Gasteiger partial charge on any atom is 0.123 e. The number of aromatic nitrogens is 1. The van der Waals surface area contributed by atoms with E-state index in [9.17, 15) is 0 Å². The normalized spacial score (nSPS) is 14.8. The summed E-state index contributed by atoms with van der Waals surface area (Å²) in [6, 6.07) is 8.84. The summed E-state index contributed by atoms with van der Waals surface area (Å²) < 4.78 is 0. The fraction of sp³-hybridized carbons (Fsp3) is 0.438. The van der Waals surface area contributed by atoms with Crippen molar-refractivity contribution in [3.63, 3.8) is 0 Å². The van der Waals surface area contributed by atoms with E-state index in [1.807, 2.05) is 18.4 Å². The van der Waals surface area contributed by atoms with Crippen molar-refractivity contribution in [2.75, 3.05) is 7.05 Å². The summed E-state index contributed by atoms with van der Waals surface area (Å²) in [5.74, 6) is 0.725. The molecule has 0 atom stereocenters. The van der Waals surface area contributed by atoms with Crippen LogP contribution in [0.2, 0.25) is 0 Å². The molecule has 1 aromatic heterocycles. The highest BCUT2D eigenvalue weighted by Crippen LogP contribution is 2.44. The fourth-order valence-corrected chi connectivity index (χ4v) is 3.50. The molecule has 0 saturated heterocycles. The van der Waals surface area contributed by atoms with E-state index in [0.717, 1.165) is 18.9 Å². The van der Waals surface area contributed by atoms with E-state index in [4.69, 9.17) is 4.98 Å². The quantitative estimate of drug-likeness (QED) is 0.891. The molecule has 3 heteroatoms. The van der Waals surface area contributed by atoms with Crippen LogP contribution < -0.4 is 5.32 Å². The lowest BCUT2D eigenvalue weighted by atomic mass is 10.1. The zero-order valence-electron chi connectivity index (χ0n) is 11.6. The number of rotatable bonds is 5. The second-order valence-corrected chi connectivity index (χ2v) is 6.27. The summed E-state index contributed by atoms with van der Waals surface area (Å²) in [6.45, 7) is 3.13. The Morgan fingerprint density at radius 3 is 2.58 bits per heavy atom. The first-order valence-electron chi connectivity index (χ1n) is 7.05. The lowest BCUT2D eigenvalue weighted by Gasteiger charge is -1.98. The Morgan fingerprint density at radius 2 is 2.00 bits per heavy atom. The van der Waals surface area contributed by atoms with E-state index in [-0.39, 0.29) is 0 Å². The van der Waals surface area contributed by atoms with Crippen molar-refractivity contribution in [3.05, 3.63) is 40.4 Å². The third-order valence-electron chi connectivity index (χ3n) is 3.64. The van der Waals surface area contributed by atoms with Crippen molar-refractivity contribution in [2.24, 2.45) is 0 Å². The van der Waals surface area contributed by atoms with E-state index in [2.05, 4.69) is 36.5 Å². The highest BCUT2D eigenvalue weighted by Gasteiger charge is 2.29. The Labute approximate surface area is 118 Å². The highest BCUT2D eigenvalue weighted by molar-refractivity contribution is 7.15. The van der Waals surface area contributed by atoms with Crippen LogP contribution in [0.25, 0.3) is 10.6 Å². The summed E-state index contributed by atoms with van der Waals surface area (Å²) in [5, 5.41) is 4.44. The van der Waals surface area contributed by atoms with Gasteiger partial charge in [-0.15, -0.1) is 11.3 Å². The van der Waals surface area contributed by atoms with E-state index in [0.29, 0.717) is 0 Å². The highest BCUT2D eigenvalue weighted by atomic mass is 32.1. The van der Waals surface area contributed by atoms with Crippen LogP contribution in [-0.2, 0) is 13.0 Å². The predicted molar refractivity (Wildman–Crippen MR) is 81.7 cm³/mol. The molecule has 1 saturated carbocycles. The molecule has 1 aromatic carbocycles. The molecule has 1 aliphatic carbocycles. The van der Waals surface area contributed by atoms with Crippen molar-refractivity contribution < 1.29 is 0 Å². The molecular formula is C16H20N2S. The molecule has 2 aromatic rings. The summed E-state index contributed by atoms with van der Waals surface area (Å²) >= 11 is 1.85. The SMILES string of the molecule is CCc1ccc(-c2nc(C3CC3)c(CNC)s2)cc1. The lowest BCUT2D eigenvalue weighted by Crippen LogP contribution is -2.05. The van der Waals surface area contributed by atoms with Gasteiger partial charge in [-0.05, 0) is 31.9 Å². The Hall–Kier alpha value is -1.19. The summed E-state index contributed by atoms with van der Waals surface area (Å²) in [7, 11) is 2.01. The van der Waals surface area contributed by atoms with Gasteiger partial charge in [-0.25, -0.2) is 4.98 Å². The van der Waals surface area contributed by atoms with Gasteiger partial charge in [0.1, 0.15) is 5.01 Å². The number of nitrogens with zero attached hydrogens (tertiary/aromatic N) is 1. The van der Waals surface area contributed by atoms with E-state index in [1.54, 1.807) is 0 Å². The number of nitrogens with one attached hydrogen (secondary N) is 1. The second-order valence-electron chi connectivity index (χ2n) is 5.18. The first-order chi connectivity index (χ1) is 9.31. The molecule has 2 nitrogen and oxygen atoms in total. The van der Waals surface area contributed by atoms with Crippen LogP contribution in [0.3, 0.4) is 0 Å². The molecular weight excluding hydrogens is 252 g/mol. The lowest BCUT2D eigenvalue weighted by molar-refractivity contribution is 0.813. The minimum atomic E-state index is 0.725. The average Bonchev–Trinajstić information content (AvgIpc) is 3.21. The molecule has 0 unspecified atom stereocenters. The number of benzene rings is 1. The molecule has 19 heavy (non-hydrogen) atoms. The average molecular weight is 272 g/mol. The number of aryl methyl sites for hydroxylation is 1. The van der Waals surface area contributed by atoms with Gasteiger partial charge in [-0.1, -0.05) is 31.2 Å². The van der Waals surface area contributed by atoms with Crippen molar-refractivity contribution in [1.29, 1.82) is 0 Å². The van der Waals surface area contributed by atoms with Crippen molar-refractivity contribution in [3.8, 4) is 10.6 Å². The third kappa shape index (κ3) is 2.72. The number of hydrogen-bond donors (Lipinski definition) is 1. The zero-order valence-corrected chi connectivity index (χ0v) is 12.4. The summed E-state index contributed by atoms with van der Waals surface area (Å²) in [6.07, 6.45) is 3.72. The Morgan fingerprint density at radius 1 is 1.26 bits per heavy atom. The first kappa shape index (κ1) is 12.8. The van der Waals surface area contributed by atoms with Gasteiger partial charge >= 0.3 is 0 Å². The van der Waals surface area contributed by atoms with Crippen LogP contribution in [0.15, 0.2) is 24.3 Å². The molecule has 1 N–H and O–H groups in total. The molecule has 1 fully saturated rings. The summed E-state index contributed by atoms with van der Waals surface area (Å²) in [5.41, 5.74) is 3.98. The van der Waals surface area contributed by atoms with E-state index < -0.39 is 0 Å². The van der Waals surface area contributed by atoms with Crippen LogP contribution in [0.4, 0.5) is 0 Å². The smallest absolute Gasteiger partial charge is 0.123 e. The van der Waals surface area contributed by atoms with Crippen LogP contribution in [0.5, 0.6) is 0 Å².